The lowest BCUT2D eigenvalue weighted by Gasteiger charge is -2.46. The smallest absolute Gasteiger partial charge is 0.333 e. The molecular weight excluding hydrogens is 499 g/mol. The van der Waals surface area contributed by atoms with E-state index in [4.69, 9.17) is 5.73 Å². The zero-order valence-electron chi connectivity index (χ0n) is 21.7. The number of primary amides is 1. The number of aliphatic hydroxyl groups is 1. The van der Waals surface area contributed by atoms with E-state index in [9.17, 15) is 38.9 Å². The fourth-order valence-corrected chi connectivity index (χ4v) is 5.69. The van der Waals surface area contributed by atoms with E-state index in [1.807, 2.05) is 18.7 Å². The van der Waals surface area contributed by atoms with Gasteiger partial charge in [0.05, 0.1) is 17.0 Å². The van der Waals surface area contributed by atoms with Gasteiger partial charge in [-0.25, -0.2) is 9.18 Å². The summed E-state index contributed by atoms with van der Waals surface area (Å²) in [6.45, 7) is 8.63. The zero-order valence-corrected chi connectivity index (χ0v) is 21.7. The number of hydrogen-bond acceptors (Lipinski definition) is 7. The topological polar surface area (TPSA) is 173 Å². The molecule has 2 aliphatic rings. The van der Waals surface area contributed by atoms with Crippen LogP contribution in [0.25, 0.3) is 5.57 Å². The molecule has 206 valence electrons. The van der Waals surface area contributed by atoms with E-state index in [-0.39, 0.29) is 23.4 Å². The molecule has 0 aromatic heterocycles. The van der Waals surface area contributed by atoms with Gasteiger partial charge in [-0.3, -0.25) is 14.4 Å². The monoisotopic (exact) mass is 532 g/mol. The average molecular weight is 533 g/mol. The lowest BCUT2D eigenvalue weighted by atomic mass is 9.71. The Labute approximate surface area is 219 Å². The maximum absolute atomic E-state index is 14.1. The molecule has 3 rings (SSSR count). The number of aliphatic carboxylic acids is 2. The van der Waals surface area contributed by atoms with Gasteiger partial charge in [-0.15, -0.1) is 0 Å². The van der Waals surface area contributed by atoms with Crippen molar-refractivity contribution < 1.29 is 38.9 Å². The number of amides is 2. The van der Waals surface area contributed by atoms with Crippen LogP contribution in [-0.2, 0) is 19.2 Å². The highest BCUT2D eigenvalue weighted by molar-refractivity contribution is 6.31. The van der Waals surface area contributed by atoms with Crippen LogP contribution in [0, 0.1) is 17.7 Å². The maximum Gasteiger partial charge on any atom is 0.333 e. The second-order valence-electron chi connectivity index (χ2n) is 9.61. The normalized spacial score (nSPS) is 23.6. The van der Waals surface area contributed by atoms with Gasteiger partial charge >= 0.3 is 11.9 Å². The Kier molecular flexibility index (Phi) is 8.27. The first-order valence-corrected chi connectivity index (χ1v) is 12.3. The van der Waals surface area contributed by atoms with Crippen molar-refractivity contribution in [3.8, 4) is 0 Å². The number of anilines is 1. The van der Waals surface area contributed by atoms with Crippen LogP contribution in [0.2, 0.25) is 0 Å². The molecule has 0 radical (unpaired) electrons. The van der Waals surface area contributed by atoms with Crippen LogP contribution in [0.3, 0.4) is 0 Å². The number of nitrogens with two attached hydrogens (primary N) is 1. The van der Waals surface area contributed by atoms with Gasteiger partial charge in [-0.05, 0) is 56.8 Å². The number of nitrogens with one attached hydrogen (secondary N) is 1. The van der Waals surface area contributed by atoms with Crippen molar-refractivity contribution in [1.82, 2.24) is 9.80 Å². The number of carbonyl (C=O) groups excluding carboxylic acids is 2. The Morgan fingerprint density at radius 1 is 1.24 bits per heavy atom. The number of aliphatic hydroxyl groups excluding tert-OH is 1. The summed E-state index contributed by atoms with van der Waals surface area (Å²) < 4.78 is 14.1. The van der Waals surface area contributed by atoms with Crippen LogP contribution in [0.1, 0.15) is 33.3 Å². The van der Waals surface area contributed by atoms with Crippen LogP contribution in [0.15, 0.2) is 35.5 Å². The van der Waals surface area contributed by atoms with Crippen molar-refractivity contribution in [2.45, 2.75) is 39.3 Å². The van der Waals surface area contributed by atoms with Gasteiger partial charge in [0.25, 0.3) is 5.91 Å². The third-order valence-electron chi connectivity index (χ3n) is 7.62. The van der Waals surface area contributed by atoms with E-state index in [0.29, 0.717) is 30.9 Å². The van der Waals surface area contributed by atoms with Gasteiger partial charge in [-0.2, -0.15) is 0 Å². The molecule has 0 saturated carbocycles. The largest absolute Gasteiger partial charge is 0.481 e. The SMILES string of the molecule is CCN(CC)CCN1C(/C=C2\C(=O)Nc3ccc(F)cc32)=C(C)C(C(N)=O)C1(C)C(C(=O)O)[C@H](O)C(=O)O. The molecule has 12 heteroatoms. The molecule has 3 unspecified atom stereocenters. The van der Waals surface area contributed by atoms with Crippen LogP contribution in [-0.4, -0.2) is 86.7 Å². The number of benzene rings is 1. The zero-order chi connectivity index (χ0) is 28.5. The van der Waals surface area contributed by atoms with Crippen molar-refractivity contribution >= 4 is 35.0 Å². The molecule has 0 saturated heterocycles. The van der Waals surface area contributed by atoms with E-state index in [1.54, 1.807) is 11.8 Å². The standard InChI is InChI=1S/C26H33FN4O7/c1-5-30(6-2)9-10-31-18(12-16-15-11-14(27)7-8-17(15)29-23(16)34)13(3)19(22(28)33)26(31,4)20(24(35)36)21(32)25(37)38/h7-8,11-12,19-21,32H,5-6,9-10H2,1-4H3,(H2,28,33)(H,29,34)(H,35,36)(H,37,38)/b16-12-/t19?,20?,21-,26?/m0/s1. The minimum absolute atomic E-state index is 0.0832. The summed E-state index contributed by atoms with van der Waals surface area (Å²) in [5.41, 5.74) is 5.26. The summed E-state index contributed by atoms with van der Waals surface area (Å²) in [5, 5.41) is 32.8. The first-order valence-electron chi connectivity index (χ1n) is 12.3. The van der Waals surface area contributed by atoms with Gasteiger partial charge in [0.15, 0.2) is 6.10 Å². The van der Waals surface area contributed by atoms with Gasteiger partial charge in [0.2, 0.25) is 5.91 Å². The minimum Gasteiger partial charge on any atom is -0.481 e. The number of allylic oxidation sites excluding steroid dienone is 1. The maximum atomic E-state index is 14.1. The van der Waals surface area contributed by atoms with Crippen LogP contribution in [0.4, 0.5) is 10.1 Å². The second-order valence-corrected chi connectivity index (χ2v) is 9.61. The highest BCUT2D eigenvalue weighted by atomic mass is 19.1. The van der Waals surface area contributed by atoms with Gasteiger partial charge < -0.3 is 36.2 Å². The highest BCUT2D eigenvalue weighted by Crippen LogP contribution is 2.49. The molecule has 11 nitrogen and oxygen atoms in total. The summed E-state index contributed by atoms with van der Waals surface area (Å²) in [6, 6.07) is 3.80. The van der Waals surface area contributed by atoms with E-state index in [2.05, 4.69) is 5.32 Å². The molecule has 38 heavy (non-hydrogen) atoms. The molecule has 2 amide bonds. The van der Waals surface area contributed by atoms with Crippen molar-refractivity contribution in [3.05, 3.63) is 46.9 Å². The third kappa shape index (κ3) is 4.88. The highest BCUT2D eigenvalue weighted by Gasteiger charge is 2.60. The van der Waals surface area contributed by atoms with Gasteiger partial charge in [0, 0.05) is 30.0 Å². The molecule has 0 bridgehead atoms. The molecule has 2 heterocycles. The molecule has 4 atom stereocenters. The number of rotatable bonds is 11. The number of hydrogen-bond donors (Lipinski definition) is 5. The summed E-state index contributed by atoms with van der Waals surface area (Å²) in [5.74, 6) is -8.71. The Balaban J connectivity index is 2.27. The fraction of sp³-hybridized carbons (Fsp3) is 0.462. The number of carbonyl (C=O) groups is 4. The van der Waals surface area contributed by atoms with E-state index in [1.165, 1.54) is 31.2 Å². The molecule has 2 aliphatic heterocycles. The van der Waals surface area contributed by atoms with E-state index in [0.717, 1.165) is 0 Å². The number of nitrogens with zero attached hydrogens (tertiary/aromatic N) is 2. The summed E-state index contributed by atoms with van der Waals surface area (Å²) in [4.78, 5) is 53.5. The number of carboxylic acid groups (broad SMARTS) is 2. The van der Waals surface area contributed by atoms with Crippen molar-refractivity contribution in [2.24, 2.45) is 17.6 Å². The minimum atomic E-state index is -2.36. The molecule has 1 aromatic carbocycles. The third-order valence-corrected chi connectivity index (χ3v) is 7.62. The number of fused-ring (bicyclic) bond motifs is 1. The van der Waals surface area contributed by atoms with Crippen LogP contribution in [0.5, 0.6) is 0 Å². The number of halogens is 1. The van der Waals surface area contributed by atoms with Crippen LogP contribution >= 0.6 is 0 Å². The second kappa shape index (κ2) is 10.9. The Morgan fingerprint density at radius 3 is 2.39 bits per heavy atom. The lowest BCUT2D eigenvalue weighted by Crippen LogP contribution is -2.62. The van der Waals surface area contributed by atoms with E-state index >= 15 is 0 Å². The molecule has 6 N–H and O–H groups in total. The first-order chi connectivity index (χ1) is 17.8. The molecule has 0 aliphatic carbocycles. The quantitative estimate of drug-likeness (QED) is 0.262. The Bertz CT molecular complexity index is 1230. The van der Waals surface area contributed by atoms with Crippen molar-refractivity contribution in [3.63, 3.8) is 0 Å². The Hall–Kier alpha value is -3.77. The van der Waals surface area contributed by atoms with E-state index < -0.39 is 53.0 Å². The van der Waals surface area contributed by atoms with Gasteiger partial charge in [-0.1, -0.05) is 13.8 Å². The molecule has 0 fully saturated rings. The summed E-state index contributed by atoms with van der Waals surface area (Å²) >= 11 is 0. The predicted octanol–water partition coefficient (Wildman–Crippen LogP) is 1.10. The molecule has 1 aromatic rings. The number of carboxylic acids is 2. The average Bonchev–Trinajstić information content (AvgIpc) is 3.24. The molecular formula is C26H33FN4O7. The van der Waals surface area contributed by atoms with Gasteiger partial charge in [0.1, 0.15) is 11.7 Å². The first kappa shape index (κ1) is 28.8. The summed E-state index contributed by atoms with van der Waals surface area (Å²) in [6.07, 6.45) is -0.925. The Morgan fingerprint density at radius 2 is 1.87 bits per heavy atom. The fourth-order valence-electron chi connectivity index (χ4n) is 5.69. The molecule has 0 spiro atoms. The predicted molar refractivity (Wildman–Crippen MR) is 136 cm³/mol. The van der Waals surface area contributed by atoms with Crippen LogP contribution < -0.4 is 11.1 Å². The number of likely N-dealkylation sites (N-methyl/N-ethyl adjacent to an activating group) is 1. The van der Waals surface area contributed by atoms with Crippen molar-refractivity contribution in [1.29, 1.82) is 0 Å². The van der Waals surface area contributed by atoms with Crippen molar-refractivity contribution in [2.75, 3.05) is 31.5 Å². The summed E-state index contributed by atoms with van der Waals surface area (Å²) in [7, 11) is 0. The lowest BCUT2D eigenvalue weighted by molar-refractivity contribution is -0.168.